The maximum atomic E-state index is 12.6. The molecule has 2 aliphatic rings. The second-order valence-electron chi connectivity index (χ2n) is 7.04. The molecule has 1 aromatic rings. The minimum atomic E-state index is -0.572. The van der Waals surface area contributed by atoms with Crippen LogP contribution in [0.15, 0.2) is 22.8 Å². The summed E-state index contributed by atoms with van der Waals surface area (Å²) >= 11 is 3.27. The van der Waals surface area contributed by atoms with E-state index in [1.807, 2.05) is 20.8 Å². The molecule has 3 atom stereocenters. The van der Waals surface area contributed by atoms with E-state index in [2.05, 4.69) is 26.2 Å². The highest BCUT2D eigenvalue weighted by molar-refractivity contribution is 9.10. The number of aromatic nitrogens is 1. The van der Waals surface area contributed by atoms with Gasteiger partial charge in [-0.1, -0.05) is 6.07 Å². The maximum absolute atomic E-state index is 12.6. The van der Waals surface area contributed by atoms with Gasteiger partial charge in [0.2, 0.25) is 5.91 Å². The Kier molecular flexibility index (Phi) is 4.08. The quantitative estimate of drug-likeness (QED) is 0.798. The molecule has 1 unspecified atom stereocenters. The summed E-state index contributed by atoms with van der Waals surface area (Å²) in [5.74, 6) is 0.663. The van der Waals surface area contributed by atoms with Crippen molar-refractivity contribution in [2.45, 2.75) is 51.3 Å². The van der Waals surface area contributed by atoms with Crippen molar-refractivity contribution in [1.29, 1.82) is 0 Å². The molecule has 23 heavy (non-hydrogen) atoms. The van der Waals surface area contributed by atoms with Crippen LogP contribution in [0.25, 0.3) is 0 Å². The molecule has 6 nitrogen and oxygen atoms in total. The van der Waals surface area contributed by atoms with Crippen molar-refractivity contribution in [2.24, 2.45) is 5.92 Å². The molecule has 1 aliphatic carbocycles. The number of halogens is 1. The number of hydrogen-bond donors (Lipinski definition) is 1. The summed E-state index contributed by atoms with van der Waals surface area (Å²) in [5.41, 5.74) is -0.572. The first-order chi connectivity index (χ1) is 10.7. The van der Waals surface area contributed by atoms with Crippen molar-refractivity contribution in [3.05, 3.63) is 22.8 Å². The smallest absolute Gasteiger partial charge is 0.411 e. The Balaban J connectivity index is 1.71. The number of nitrogens with zero attached hydrogens (tertiary/aromatic N) is 2. The molecule has 3 rings (SSSR count). The predicted octanol–water partition coefficient (Wildman–Crippen LogP) is 3.18. The molecule has 0 bridgehead atoms. The third-order valence-electron chi connectivity index (χ3n) is 3.98. The van der Waals surface area contributed by atoms with Crippen LogP contribution in [0.5, 0.6) is 0 Å². The number of hydrogen-bond acceptors (Lipinski definition) is 4. The van der Waals surface area contributed by atoms with Gasteiger partial charge in [-0.15, -0.1) is 0 Å². The standard InChI is InChI=1S/C16H20BrN3O3/c1-16(2,3)23-15(22)20-10-7-9(10)8-11(20)14(21)19-13-6-4-5-12(17)18-13/h4-6,9-11H,7-8H2,1-3H3,(H,18,19,21)/t9-,10?,11+/m1/s1. The minimum Gasteiger partial charge on any atom is -0.444 e. The summed E-state index contributed by atoms with van der Waals surface area (Å²) in [6.45, 7) is 5.48. The fourth-order valence-electron chi connectivity index (χ4n) is 2.96. The zero-order valence-corrected chi connectivity index (χ0v) is 15.0. The highest BCUT2D eigenvalue weighted by Crippen LogP contribution is 2.48. The van der Waals surface area contributed by atoms with Gasteiger partial charge >= 0.3 is 6.09 Å². The molecule has 2 fully saturated rings. The molecular weight excluding hydrogens is 362 g/mol. The summed E-state index contributed by atoms with van der Waals surface area (Å²) < 4.78 is 6.10. The van der Waals surface area contributed by atoms with E-state index in [4.69, 9.17) is 4.74 Å². The SMILES string of the molecule is CC(C)(C)OC(=O)N1C2C[C@@H]2C[C@H]1C(=O)Nc1cccc(Br)n1. The summed E-state index contributed by atoms with van der Waals surface area (Å²) in [7, 11) is 0. The molecule has 1 aliphatic heterocycles. The molecule has 1 saturated heterocycles. The van der Waals surface area contributed by atoms with E-state index >= 15 is 0 Å². The third kappa shape index (κ3) is 3.65. The fraction of sp³-hybridized carbons (Fsp3) is 0.562. The number of piperidine rings is 1. The molecule has 2 amide bonds. The lowest BCUT2D eigenvalue weighted by Gasteiger charge is -2.29. The van der Waals surface area contributed by atoms with Crippen LogP contribution >= 0.6 is 15.9 Å². The van der Waals surface area contributed by atoms with E-state index in [1.165, 1.54) is 0 Å². The number of ether oxygens (including phenoxy) is 1. The minimum absolute atomic E-state index is 0.135. The first-order valence-electron chi connectivity index (χ1n) is 7.69. The van der Waals surface area contributed by atoms with E-state index in [0.29, 0.717) is 22.8 Å². The van der Waals surface area contributed by atoms with Gasteiger partial charge in [0.05, 0.1) is 0 Å². The van der Waals surface area contributed by atoms with Gasteiger partial charge in [-0.25, -0.2) is 9.78 Å². The van der Waals surface area contributed by atoms with E-state index in [0.717, 1.165) is 6.42 Å². The average Bonchev–Trinajstić information content (AvgIpc) is 3.06. The van der Waals surface area contributed by atoms with Gasteiger partial charge < -0.3 is 10.1 Å². The largest absolute Gasteiger partial charge is 0.444 e. The van der Waals surface area contributed by atoms with Crippen LogP contribution in [-0.2, 0) is 9.53 Å². The number of carbonyl (C=O) groups excluding carboxylic acids is 2. The van der Waals surface area contributed by atoms with Gasteiger partial charge in [-0.3, -0.25) is 9.69 Å². The molecule has 124 valence electrons. The number of rotatable bonds is 2. The Morgan fingerprint density at radius 1 is 1.35 bits per heavy atom. The monoisotopic (exact) mass is 381 g/mol. The van der Waals surface area contributed by atoms with Crippen LogP contribution in [-0.4, -0.2) is 39.6 Å². The van der Waals surface area contributed by atoms with Crippen molar-refractivity contribution in [3.63, 3.8) is 0 Å². The summed E-state index contributed by atoms with van der Waals surface area (Å²) in [4.78, 5) is 30.8. The summed E-state index contributed by atoms with van der Waals surface area (Å²) in [5, 5.41) is 2.78. The first-order valence-corrected chi connectivity index (χ1v) is 8.48. The first kappa shape index (κ1) is 16.2. The number of carbonyl (C=O) groups is 2. The Hall–Kier alpha value is -1.63. The van der Waals surface area contributed by atoms with Gasteiger partial charge in [0.15, 0.2) is 0 Å². The Labute approximate surface area is 143 Å². The van der Waals surface area contributed by atoms with Crippen molar-refractivity contribution in [3.8, 4) is 0 Å². The lowest BCUT2D eigenvalue weighted by Crippen LogP contribution is -2.47. The van der Waals surface area contributed by atoms with Crippen LogP contribution < -0.4 is 5.32 Å². The molecular formula is C16H20BrN3O3. The van der Waals surface area contributed by atoms with Crippen molar-refractivity contribution in [2.75, 3.05) is 5.32 Å². The number of amides is 2. The molecule has 7 heteroatoms. The molecule has 0 radical (unpaired) electrons. The summed E-state index contributed by atoms with van der Waals surface area (Å²) in [6, 6.07) is 4.94. The van der Waals surface area contributed by atoms with Crippen LogP contribution in [0.3, 0.4) is 0 Å². The molecule has 0 spiro atoms. The summed E-state index contributed by atoms with van der Waals surface area (Å²) in [6.07, 6.45) is 1.23. The number of fused-ring (bicyclic) bond motifs is 1. The molecule has 1 saturated carbocycles. The Bertz CT molecular complexity index is 644. The lowest BCUT2D eigenvalue weighted by atomic mass is 10.1. The lowest BCUT2D eigenvalue weighted by molar-refractivity contribution is -0.121. The van der Waals surface area contributed by atoms with E-state index < -0.39 is 17.7 Å². The van der Waals surface area contributed by atoms with Crippen molar-refractivity contribution in [1.82, 2.24) is 9.88 Å². The average molecular weight is 382 g/mol. The third-order valence-corrected chi connectivity index (χ3v) is 4.42. The number of nitrogens with one attached hydrogen (secondary N) is 1. The van der Waals surface area contributed by atoms with Crippen molar-refractivity contribution < 1.29 is 14.3 Å². The van der Waals surface area contributed by atoms with Gasteiger partial charge in [-0.2, -0.15) is 0 Å². The fourth-order valence-corrected chi connectivity index (χ4v) is 3.30. The van der Waals surface area contributed by atoms with Crippen LogP contribution in [0.4, 0.5) is 10.6 Å². The van der Waals surface area contributed by atoms with Gasteiger partial charge in [0.25, 0.3) is 0 Å². The number of likely N-dealkylation sites (tertiary alicyclic amines) is 1. The van der Waals surface area contributed by atoms with Gasteiger partial charge in [-0.05, 0) is 67.6 Å². The zero-order chi connectivity index (χ0) is 16.8. The van der Waals surface area contributed by atoms with Crippen molar-refractivity contribution >= 4 is 33.7 Å². The maximum Gasteiger partial charge on any atom is 0.411 e. The topological polar surface area (TPSA) is 71.5 Å². The highest BCUT2D eigenvalue weighted by atomic mass is 79.9. The normalized spacial score (nSPS) is 25.7. The Morgan fingerprint density at radius 3 is 2.74 bits per heavy atom. The van der Waals surface area contributed by atoms with E-state index in [-0.39, 0.29) is 11.9 Å². The zero-order valence-electron chi connectivity index (χ0n) is 13.4. The van der Waals surface area contributed by atoms with Crippen LogP contribution in [0, 0.1) is 5.92 Å². The molecule has 1 N–H and O–H groups in total. The van der Waals surface area contributed by atoms with E-state index in [9.17, 15) is 9.59 Å². The number of pyridine rings is 1. The van der Waals surface area contributed by atoms with E-state index in [1.54, 1.807) is 23.1 Å². The molecule has 0 aromatic carbocycles. The molecule has 2 heterocycles. The van der Waals surface area contributed by atoms with Gasteiger partial charge in [0.1, 0.15) is 22.1 Å². The predicted molar refractivity (Wildman–Crippen MR) is 88.9 cm³/mol. The Morgan fingerprint density at radius 2 is 2.09 bits per heavy atom. The number of anilines is 1. The van der Waals surface area contributed by atoms with Crippen LogP contribution in [0.1, 0.15) is 33.6 Å². The second kappa shape index (κ2) is 5.78. The van der Waals surface area contributed by atoms with Crippen LogP contribution in [0.2, 0.25) is 0 Å². The highest BCUT2D eigenvalue weighted by Gasteiger charge is 2.57. The second-order valence-corrected chi connectivity index (χ2v) is 7.85. The van der Waals surface area contributed by atoms with Gasteiger partial charge in [0, 0.05) is 6.04 Å². The molecule has 1 aromatic heterocycles.